The van der Waals surface area contributed by atoms with Gasteiger partial charge in [0.05, 0.1) is 19.1 Å². The molecule has 6 heteroatoms. The molecule has 0 aliphatic heterocycles. The number of rotatable bonds is 4. The van der Waals surface area contributed by atoms with Crippen LogP contribution in [-0.2, 0) is 14.3 Å². The van der Waals surface area contributed by atoms with Crippen LogP contribution in [0.3, 0.4) is 0 Å². The summed E-state index contributed by atoms with van der Waals surface area (Å²) in [6, 6.07) is 0. The van der Waals surface area contributed by atoms with Crippen LogP contribution in [0, 0.1) is 11.8 Å². The zero-order valence-electron chi connectivity index (χ0n) is 7.63. The second kappa shape index (κ2) is 4.16. The second-order valence-electron chi connectivity index (χ2n) is 3.11. The average Bonchev–Trinajstić information content (AvgIpc) is 2.78. The number of hydrogen-bond donors (Lipinski definition) is 0. The molecule has 1 rings (SSSR count). The van der Waals surface area contributed by atoms with Crippen molar-refractivity contribution in [2.75, 3.05) is 13.2 Å². The van der Waals surface area contributed by atoms with E-state index in [0.29, 0.717) is 6.42 Å². The van der Waals surface area contributed by atoms with Gasteiger partial charge in [0.25, 0.3) is 0 Å². The Morgan fingerprint density at radius 1 is 1.50 bits per heavy atom. The standard InChI is InChI=1S/C8H11F3O3/c1-2-13-7(12)6-3-5(6)4-14-8(9,10)11/h5-6H,2-4H2,1H3/t5-,6+/m0/s1. The minimum Gasteiger partial charge on any atom is -0.466 e. The molecule has 14 heavy (non-hydrogen) atoms. The predicted molar refractivity (Wildman–Crippen MR) is 40.2 cm³/mol. The summed E-state index contributed by atoms with van der Waals surface area (Å²) in [5.41, 5.74) is 0. The molecule has 0 bridgehead atoms. The van der Waals surface area contributed by atoms with E-state index < -0.39 is 24.9 Å². The molecule has 1 aliphatic rings. The maximum absolute atomic E-state index is 11.6. The number of carbonyl (C=O) groups is 1. The number of halogens is 3. The Bertz CT molecular complexity index is 214. The van der Waals surface area contributed by atoms with Crippen LogP contribution < -0.4 is 0 Å². The Kier molecular flexibility index (Phi) is 3.36. The fourth-order valence-electron chi connectivity index (χ4n) is 1.17. The third-order valence-electron chi connectivity index (χ3n) is 1.97. The molecule has 1 saturated carbocycles. The van der Waals surface area contributed by atoms with Crippen molar-refractivity contribution in [3.05, 3.63) is 0 Å². The monoisotopic (exact) mass is 212 g/mol. The maximum atomic E-state index is 11.6. The van der Waals surface area contributed by atoms with Crippen molar-refractivity contribution in [1.29, 1.82) is 0 Å². The molecule has 0 N–H and O–H groups in total. The normalized spacial score (nSPS) is 26.0. The minimum absolute atomic E-state index is 0.252. The lowest BCUT2D eigenvalue weighted by molar-refractivity contribution is -0.326. The first-order chi connectivity index (χ1) is 6.44. The Hall–Kier alpha value is -0.780. The zero-order chi connectivity index (χ0) is 10.8. The van der Waals surface area contributed by atoms with Crippen LogP contribution in [0.15, 0.2) is 0 Å². The number of esters is 1. The van der Waals surface area contributed by atoms with Gasteiger partial charge in [-0.2, -0.15) is 0 Å². The molecule has 1 fully saturated rings. The molecular weight excluding hydrogens is 201 g/mol. The predicted octanol–water partition coefficient (Wildman–Crippen LogP) is 1.72. The van der Waals surface area contributed by atoms with Gasteiger partial charge in [-0.1, -0.05) is 0 Å². The van der Waals surface area contributed by atoms with Gasteiger partial charge in [0.2, 0.25) is 0 Å². The number of ether oxygens (including phenoxy) is 2. The largest absolute Gasteiger partial charge is 0.522 e. The molecule has 0 aromatic rings. The molecule has 0 radical (unpaired) electrons. The van der Waals surface area contributed by atoms with Crippen molar-refractivity contribution >= 4 is 5.97 Å². The third-order valence-corrected chi connectivity index (χ3v) is 1.97. The van der Waals surface area contributed by atoms with Gasteiger partial charge in [0.15, 0.2) is 0 Å². The molecule has 0 spiro atoms. The summed E-state index contributed by atoms with van der Waals surface area (Å²) in [5.74, 6) is -1.17. The van der Waals surface area contributed by atoms with E-state index in [2.05, 4.69) is 9.47 Å². The zero-order valence-corrected chi connectivity index (χ0v) is 7.63. The van der Waals surface area contributed by atoms with Crippen LogP contribution in [0.4, 0.5) is 13.2 Å². The van der Waals surface area contributed by atoms with E-state index in [4.69, 9.17) is 0 Å². The highest BCUT2D eigenvalue weighted by atomic mass is 19.4. The van der Waals surface area contributed by atoms with E-state index in [9.17, 15) is 18.0 Å². The van der Waals surface area contributed by atoms with Crippen LogP contribution in [0.1, 0.15) is 13.3 Å². The summed E-state index contributed by atoms with van der Waals surface area (Å²) in [4.78, 5) is 11.0. The molecule has 82 valence electrons. The molecular formula is C8H11F3O3. The van der Waals surface area contributed by atoms with Crippen LogP contribution in [0.2, 0.25) is 0 Å². The van der Waals surface area contributed by atoms with Gasteiger partial charge in [-0.15, -0.1) is 13.2 Å². The van der Waals surface area contributed by atoms with E-state index in [-0.39, 0.29) is 12.5 Å². The minimum atomic E-state index is -4.61. The SMILES string of the molecule is CCOC(=O)[C@@H]1C[C@H]1COC(F)(F)F. The van der Waals surface area contributed by atoms with E-state index in [1.807, 2.05) is 0 Å². The average molecular weight is 212 g/mol. The summed E-state index contributed by atoms with van der Waals surface area (Å²) < 4.78 is 43.0. The quantitative estimate of drug-likeness (QED) is 0.665. The lowest BCUT2D eigenvalue weighted by Crippen LogP contribution is -2.17. The topological polar surface area (TPSA) is 35.5 Å². The highest BCUT2D eigenvalue weighted by Crippen LogP contribution is 2.40. The van der Waals surface area contributed by atoms with Crippen LogP contribution in [0.25, 0.3) is 0 Å². The molecule has 0 aromatic carbocycles. The first-order valence-electron chi connectivity index (χ1n) is 4.31. The van der Waals surface area contributed by atoms with Gasteiger partial charge < -0.3 is 4.74 Å². The van der Waals surface area contributed by atoms with Crippen molar-refractivity contribution in [2.45, 2.75) is 19.7 Å². The van der Waals surface area contributed by atoms with E-state index in [0.717, 1.165) is 0 Å². The van der Waals surface area contributed by atoms with Gasteiger partial charge >= 0.3 is 12.3 Å². The van der Waals surface area contributed by atoms with Crippen molar-refractivity contribution < 1.29 is 27.4 Å². The highest BCUT2D eigenvalue weighted by molar-refractivity contribution is 5.75. The third kappa shape index (κ3) is 3.53. The van der Waals surface area contributed by atoms with Crippen LogP contribution in [-0.4, -0.2) is 25.5 Å². The van der Waals surface area contributed by atoms with E-state index >= 15 is 0 Å². The molecule has 0 heterocycles. The fraction of sp³-hybridized carbons (Fsp3) is 0.875. The Morgan fingerprint density at radius 3 is 2.64 bits per heavy atom. The molecule has 0 unspecified atom stereocenters. The first-order valence-corrected chi connectivity index (χ1v) is 4.31. The van der Waals surface area contributed by atoms with Crippen LogP contribution in [0.5, 0.6) is 0 Å². The first kappa shape index (κ1) is 11.3. The van der Waals surface area contributed by atoms with Crippen LogP contribution >= 0.6 is 0 Å². The Balaban J connectivity index is 2.17. The van der Waals surface area contributed by atoms with Crippen molar-refractivity contribution in [2.24, 2.45) is 11.8 Å². The number of carbonyl (C=O) groups excluding carboxylic acids is 1. The van der Waals surface area contributed by atoms with E-state index in [1.165, 1.54) is 0 Å². The summed E-state index contributed by atoms with van der Waals surface area (Å²) in [6.07, 6.45) is -4.18. The van der Waals surface area contributed by atoms with Gasteiger partial charge in [0, 0.05) is 0 Å². The molecule has 0 amide bonds. The van der Waals surface area contributed by atoms with Crippen molar-refractivity contribution in [1.82, 2.24) is 0 Å². The molecule has 2 atom stereocenters. The Labute approximate surface area is 79.2 Å². The summed E-state index contributed by atoms with van der Waals surface area (Å²) in [6.45, 7) is 1.46. The molecule has 3 nitrogen and oxygen atoms in total. The summed E-state index contributed by atoms with van der Waals surface area (Å²) >= 11 is 0. The van der Waals surface area contributed by atoms with Crippen molar-refractivity contribution in [3.8, 4) is 0 Å². The smallest absolute Gasteiger partial charge is 0.466 e. The molecule has 1 aliphatic carbocycles. The lowest BCUT2D eigenvalue weighted by Gasteiger charge is -2.06. The molecule has 0 aromatic heterocycles. The maximum Gasteiger partial charge on any atom is 0.522 e. The van der Waals surface area contributed by atoms with E-state index in [1.54, 1.807) is 6.92 Å². The molecule has 0 saturated heterocycles. The van der Waals surface area contributed by atoms with Crippen molar-refractivity contribution in [3.63, 3.8) is 0 Å². The summed E-state index contributed by atoms with van der Waals surface area (Å²) in [7, 11) is 0. The fourth-order valence-corrected chi connectivity index (χ4v) is 1.17. The Morgan fingerprint density at radius 2 is 2.14 bits per heavy atom. The van der Waals surface area contributed by atoms with Gasteiger partial charge in [-0.25, -0.2) is 0 Å². The summed E-state index contributed by atoms with van der Waals surface area (Å²) in [5, 5.41) is 0. The van der Waals surface area contributed by atoms with Gasteiger partial charge in [-0.3, -0.25) is 9.53 Å². The second-order valence-corrected chi connectivity index (χ2v) is 3.11. The van der Waals surface area contributed by atoms with Gasteiger partial charge in [-0.05, 0) is 19.3 Å². The lowest BCUT2D eigenvalue weighted by atomic mass is 10.3. The number of alkyl halides is 3. The van der Waals surface area contributed by atoms with Gasteiger partial charge in [0.1, 0.15) is 0 Å². The number of hydrogen-bond acceptors (Lipinski definition) is 3. The highest BCUT2D eigenvalue weighted by Gasteiger charge is 2.46.